The first-order valence-corrected chi connectivity index (χ1v) is 12.8. The standard InChI is InChI=1S/C26H39N3O9/c1-3-27(14-23(30)31)19(12-18-8-10-20(38-2)11-9-18)13-28(15-24(32)33)21-6-4-5-7-22(21)29(16-25(34)35)17-26(36)37/h8-11,19,21-22H,3-7,12-17H2,1-2H3,(H,30,31)(H,32,33)(H,34,35)(H,36,37). The van der Waals surface area contributed by atoms with Gasteiger partial charge in [-0.1, -0.05) is 31.9 Å². The summed E-state index contributed by atoms with van der Waals surface area (Å²) in [6.45, 7) is 0.986. The average molecular weight is 538 g/mol. The molecule has 1 aliphatic carbocycles. The van der Waals surface area contributed by atoms with Crippen molar-refractivity contribution in [3.05, 3.63) is 29.8 Å². The van der Waals surface area contributed by atoms with Gasteiger partial charge in [-0.05, 0) is 43.5 Å². The van der Waals surface area contributed by atoms with Gasteiger partial charge in [0.05, 0.1) is 33.3 Å². The summed E-state index contributed by atoms with van der Waals surface area (Å²) >= 11 is 0. The van der Waals surface area contributed by atoms with Gasteiger partial charge in [-0.2, -0.15) is 0 Å². The highest BCUT2D eigenvalue weighted by Crippen LogP contribution is 2.28. The van der Waals surface area contributed by atoms with Crippen LogP contribution in [0.2, 0.25) is 0 Å². The number of benzene rings is 1. The topological polar surface area (TPSA) is 168 Å². The van der Waals surface area contributed by atoms with Gasteiger partial charge < -0.3 is 25.2 Å². The molecule has 1 aliphatic rings. The molecule has 0 aliphatic heterocycles. The Bertz CT molecular complexity index is 924. The third-order valence-electron chi connectivity index (χ3n) is 6.98. The molecule has 0 spiro atoms. The van der Waals surface area contributed by atoms with Crippen LogP contribution in [0.5, 0.6) is 5.75 Å². The highest BCUT2D eigenvalue weighted by molar-refractivity contribution is 5.73. The molecule has 1 saturated carbocycles. The van der Waals surface area contributed by atoms with Gasteiger partial charge in [-0.3, -0.25) is 33.9 Å². The van der Waals surface area contributed by atoms with Gasteiger partial charge in [-0.25, -0.2) is 0 Å². The maximum absolute atomic E-state index is 11.9. The monoisotopic (exact) mass is 537 g/mol. The lowest BCUT2D eigenvalue weighted by Gasteiger charge is -2.45. The summed E-state index contributed by atoms with van der Waals surface area (Å²) in [4.78, 5) is 51.6. The van der Waals surface area contributed by atoms with E-state index in [-0.39, 0.29) is 25.7 Å². The molecule has 0 amide bonds. The molecule has 12 heteroatoms. The van der Waals surface area contributed by atoms with Crippen LogP contribution in [0.25, 0.3) is 0 Å². The minimum atomic E-state index is -1.16. The third-order valence-corrected chi connectivity index (χ3v) is 6.98. The van der Waals surface area contributed by atoms with Gasteiger partial charge in [0.25, 0.3) is 0 Å². The number of carboxylic acid groups (broad SMARTS) is 4. The Morgan fingerprint density at radius 1 is 0.816 bits per heavy atom. The summed E-state index contributed by atoms with van der Waals surface area (Å²) in [7, 11) is 1.56. The van der Waals surface area contributed by atoms with E-state index in [1.165, 1.54) is 4.90 Å². The van der Waals surface area contributed by atoms with Gasteiger partial charge in [-0.15, -0.1) is 0 Å². The molecule has 0 heterocycles. The first-order chi connectivity index (χ1) is 18.0. The predicted molar refractivity (Wildman–Crippen MR) is 137 cm³/mol. The summed E-state index contributed by atoms with van der Waals surface area (Å²) in [6, 6.07) is 6.15. The fraction of sp³-hybridized carbons (Fsp3) is 0.615. The molecule has 0 saturated heterocycles. The molecule has 38 heavy (non-hydrogen) atoms. The normalized spacial score (nSPS) is 18.4. The number of carbonyl (C=O) groups is 4. The summed E-state index contributed by atoms with van der Waals surface area (Å²) in [5, 5.41) is 38.1. The van der Waals surface area contributed by atoms with Crippen molar-refractivity contribution in [2.24, 2.45) is 0 Å². The van der Waals surface area contributed by atoms with Crippen molar-refractivity contribution in [2.75, 3.05) is 46.4 Å². The quantitative estimate of drug-likeness (QED) is 0.224. The van der Waals surface area contributed by atoms with Crippen LogP contribution in [-0.2, 0) is 25.6 Å². The molecule has 0 radical (unpaired) electrons. The van der Waals surface area contributed by atoms with Gasteiger partial charge in [0.2, 0.25) is 0 Å². The van der Waals surface area contributed by atoms with Crippen LogP contribution in [0.3, 0.4) is 0 Å². The van der Waals surface area contributed by atoms with Crippen molar-refractivity contribution in [2.45, 2.75) is 57.2 Å². The van der Waals surface area contributed by atoms with E-state index in [4.69, 9.17) is 4.74 Å². The van der Waals surface area contributed by atoms with Crippen molar-refractivity contribution in [1.29, 1.82) is 0 Å². The van der Waals surface area contributed by atoms with Gasteiger partial charge >= 0.3 is 23.9 Å². The van der Waals surface area contributed by atoms with Crippen LogP contribution in [-0.4, -0.2) is 124 Å². The summed E-state index contributed by atoms with van der Waals surface area (Å²) in [5.74, 6) is -3.70. The molecule has 3 unspecified atom stereocenters. The average Bonchev–Trinajstić information content (AvgIpc) is 2.85. The number of nitrogens with zero attached hydrogens (tertiary/aromatic N) is 3. The summed E-state index contributed by atoms with van der Waals surface area (Å²) in [5.41, 5.74) is 0.925. The fourth-order valence-corrected chi connectivity index (χ4v) is 5.36. The van der Waals surface area contributed by atoms with Crippen LogP contribution in [0.4, 0.5) is 0 Å². The number of carboxylic acids is 4. The Morgan fingerprint density at radius 3 is 1.74 bits per heavy atom. The number of ether oxygens (including phenoxy) is 1. The number of rotatable bonds is 17. The highest BCUT2D eigenvalue weighted by Gasteiger charge is 2.38. The Kier molecular flexibility index (Phi) is 12.4. The Hall–Kier alpha value is -3.22. The lowest BCUT2D eigenvalue weighted by molar-refractivity contribution is -0.146. The van der Waals surface area contributed by atoms with E-state index in [1.54, 1.807) is 16.9 Å². The van der Waals surface area contributed by atoms with Crippen LogP contribution < -0.4 is 4.74 Å². The van der Waals surface area contributed by atoms with Gasteiger partial charge in [0, 0.05) is 24.7 Å². The van der Waals surface area contributed by atoms with Crippen molar-refractivity contribution in [3.63, 3.8) is 0 Å². The lowest BCUT2D eigenvalue weighted by atomic mass is 9.87. The van der Waals surface area contributed by atoms with E-state index in [1.807, 2.05) is 31.2 Å². The first kappa shape index (κ1) is 31.0. The number of aliphatic carboxylic acids is 4. The maximum atomic E-state index is 11.9. The minimum absolute atomic E-state index is 0.217. The molecular weight excluding hydrogens is 498 g/mol. The van der Waals surface area contributed by atoms with Crippen molar-refractivity contribution in [3.8, 4) is 5.75 Å². The zero-order valence-corrected chi connectivity index (χ0v) is 22.0. The zero-order valence-electron chi connectivity index (χ0n) is 22.0. The van der Waals surface area contributed by atoms with Gasteiger partial charge in [0.15, 0.2) is 0 Å². The molecule has 4 N–H and O–H groups in total. The third kappa shape index (κ3) is 9.92. The van der Waals surface area contributed by atoms with E-state index in [0.717, 1.165) is 18.4 Å². The highest BCUT2D eigenvalue weighted by atomic mass is 16.5. The zero-order chi connectivity index (χ0) is 28.2. The second kappa shape index (κ2) is 15.3. The maximum Gasteiger partial charge on any atom is 0.317 e. The Morgan fingerprint density at radius 2 is 1.29 bits per heavy atom. The number of hydrogen-bond acceptors (Lipinski definition) is 8. The molecule has 3 atom stereocenters. The minimum Gasteiger partial charge on any atom is -0.497 e. The second-order valence-corrected chi connectivity index (χ2v) is 9.60. The second-order valence-electron chi connectivity index (χ2n) is 9.60. The summed E-state index contributed by atoms with van der Waals surface area (Å²) in [6.07, 6.45) is 3.13. The van der Waals surface area contributed by atoms with E-state index >= 15 is 0 Å². The van der Waals surface area contributed by atoms with Crippen molar-refractivity contribution >= 4 is 23.9 Å². The van der Waals surface area contributed by atoms with Crippen LogP contribution in [0.15, 0.2) is 24.3 Å². The van der Waals surface area contributed by atoms with Gasteiger partial charge in [0.1, 0.15) is 5.75 Å². The van der Waals surface area contributed by atoms with E-state index in [0.29, 0.717) is 31.6 Å². The molecule has 0 bridgehead atoms. The molecule has 1 fully saturated rings. The largest absolute Gasteiger partial charge is 0.497 e. The molecule has 12 nitrogen and oxygen atoms in total. The smallest absolute Gasteiger partial charge is 0.317 e. The molecular formula is C26H39N3O9. The molecule has 0 aromatic heterocycles. The molecule has 2 rings (SSSR count). The Balaban J connectivity index is 2.42. The van der Waals surface area contributed by atoms with Crippen LogP contribution in [0.1, 0.15) is 38.2 Å². The first-order valence-electron chi connectivity index (χ1n) is 12.8. The number of likely N-dealkylation sites (N-methyl/N-ethyl adjacent to an activating group) is 1. The van der Waals surface area contributed by atoms with Crippen LogP contribution >= 0.6 is 0 Å². The SMILES string of the molecule is CCN(CC(=O)O)C(Cc1ccc(OC)cc1)CN(CC(=O)O)C1CCCCC1N(CC(=O)O)CC(=O)O. The molecule has 212 valence electrons. The summed E-state index contributed by atoms with van der Waals surface area (Å²) < 4.78 is 5.22. The van der Waals surface area contributed by atoms with Crippen LogP contribution in [0, 0.1) is 0 Å². The van der Waals surface area contributed by atoms with E-state index < -0.39 is 49.1 Å². The van der Waals surface area contributed by atoms with E-state index in [9.17, 15) is 39.6 Å². The number of hydrogen-bond donors (Lipinski definition) is 4. The van der Waals surface area contributed by atoms with Crippen molar-refractivity contribution in [1.82, 2.24) is 14.7 Å². The van der Waals surface area contributed by atoms with E-state index in [2.05, 4.69) is 0 Å². The fourth-order valence-electron chi connectivity index (χ4n) is 5.36. The Labute approximate surface area is 222 Å². The van der Waals surface area contributed by atoms with Crippen molar-refractivity contribution < 1.29 is 44.3 Å². The molecule has 1 aromatic carbocycles. The molecule has 1 aromatic rings. The number of methoxy groups -OCH3 is 1. The predicted octanol–water partition coefficient (Wildman–Crippen LogP) is 1.18. The lowest BCUT2D eigenvalue weighted by Crippen LogP contribution is -2.59.